The Hall–Kier alpha value is -0.180. The van der Waals surface area contributed by atoms with Crippen LogP contribution in [0.1, 0.15) is 26.7 Å². The van der Waals surface area contributed by atoms with Crippen molar-refractivity contribution in [2.24, 2.45) is 5.92 Å². The summed E-state index contributed by atoms with van der Waals surface area (Å²) in [6.07, 6.45) is 2.47. The quantitative estimate of drug-likeness (QED) is 0.735. The molecule has 1 nitrogen and oxygen atoms in total. The maximum absolute atomic E-state index is 5.98. The van der Waals surface area contributed by atoms with Crippen LogP contribution in [0.2, 0.25) is 5.02 Å². The van der Waals surface area contributed by atoms with Crippen LogP contribution in [0.25, 0.3) is 0 Å². The van der Waals surface area contributed by atoms with Gasteiger partial charge in [-0.2, -0.15) is 0 Å². The van der Waals surface area contributed by atoms with Crippen molar-refractivity contribution in [3.8, 4) is 0 Å². The van der Waals surface area contributed by atoms with Crippen LogP contribution >= 0.6 is 23.4 Å². The van der Waals surface area contributed by atoms with Gasteiger partial charge in [0.25, 0.3) is 0 Å². The summed E-state index contributed by atoms with van der Waals surface area (Å²) in [6, 6.07) is 8.66. The van der Waals surface area contributed by atoms with Gasteiger partial charge < -0.3 is 5.32 Å². The fourth-order valence-electron chi connectivity index (χ4n) is 2.06. The number of halogens is 1. The maximum Gasteiger partial charge on any atom is 0.0417 e. The molecule has 0 saturated heterocycles. The molecule has 0 radical (unpaired) electrons. The zero-order valence-corrected chi connectivity index (χ0v) is 12.4. The highest BCUT2D eigenvalue weighted by molar-refractivity contribution is 7.99. The third kappa shape index (κ3) is 4.90. The van der Waals surface area contributed by atoms with Crippen LogP contribution in [0.5, 0.6) is 0 Å². The van der Waals surface area contributed by atoms with Gasteiger partial charge in [0.2, 0.25) is 0 Å². The highest BCUT2D eigenvalue weighted by Gasteiger charge is 2.16. The molecule has 0 aromatic heterocycles. The van der Waals surface area contributed by atoms with Crippen molar-refractivity contribution in [2.45, 2.75) is 37.6 Å². The van der Waals surface area contributed by atoms with Gasteiger partial charge in [-0.1, -0.05) is 44.4 Å². The van der Waals surface area contributed by atoms with Crippen LogP contribution in [0.15, 0.2) is 29.2 Å². The lowest BCUT2D eigenvalue weighted by Crippen LogP contribution is -2.35. The molecule has 1 aromatic rings. The molecule has 0 aliphatic rings. The van der Waals surface area contributed by atoms with Crippen LogP contribution in [-0.4, -0.2) is 18.8 Å². The minimum atomic E-state index is 0.578. The van der Waals surface area contributed by atoms with Crippen LogP contribution in [0.3, 0.4) is 0 Å². The Balaban J connectivity index is 2.52. The van der Waals surface area contributed by atoms with E-state index in [-0.39, 0.29) is 0 Å². The summed E-state index contributed by atoms with van der Waals surface area (Å²) >= 11 is 7.86. The number of hydrogen-bond donors (Lipinski definition) is 1. The lowest BCUT2D eigenvalue weighted by atomic mass is 9.96. The van der Waals surface area contributed by atoms with Crippen molar-refractivity contribution in [3.63, 3.8) is 0 Å². The molecule has 0 spiro atoms. The highest BCUT2D eigenvalue weighted by Crippen LogP contribution is 2.25. The average Bonchev–Trinajstić information content (AvgIpc) is 2.34. The summed E-state index contributed by atoms with van der Waals surface area (Å²) < 4.78 is 0. The van der Waals surface area contributed by atoms with Gasteiger partial charge in [-0.05, 0) is 31.2 Å². The highest BCUT2D eigenvalue weighted by atomic mass is 35.5. The van der Waals surface area contributed by atoms with Crippen LogP contribution in [0, 0.1) is 5.92 Å². The number of rotatable bonds is 7. The Morgan fingerprint density at radius 1 is 1.29 bits per heavy atom. The van der Waals surface area contributed by atoms with Gasteiger partial charge in [0.1, 0.15) is 0 Å². The molecule has 0 amide bonds. The smallest absolute Gasteiger partial charge is 0.0417 e. The maximum atomic E-state index is 5.98. The van der Waals surface area contributed by atoms with E-state index in [2.05, 4.69) is 32.3 Å². The van der Waals surface area contributed by atoms with E-state index in [1.807, 2.05) is 30.0 Å². The van der Waals surface area contributed by atoms with Gasteiger partial charge in [-0.25, -0.2) is 0 Å². The van der Waals surface area contributed by atoms with E-state index in [9.17, 15) is 0 Å². The van der Waals surface area contributed by atoms with E-state index in [0.29, 0.717) is 6.04 Å². The number of nitrogens with one attached hydrogen (secondary N) is 1. The monoisotopic (exact) mass is 271 g/mol. The standard InChI is InChI=1S/C14H22ClNS/c1-4-11(5-2)14(16-3)10-17-13-8-6-7-12(15)9-13/h6-9,11,14,16H,4-5,10H2,1-3H3. The molecule has 3 heteroatoms. The van der Waals surface area contributed by atoms with Crippen molar-refractivity contribution < 1.29 is 0 Å². The van der Waals surface area contributed by atoms with Crippen LogP contribution < -0.4 is 5.32 Å². The van der Waals surface area contributed by atoms with Gasteiger partial charge in [0.15, 0.2) is 0 Å². The van der Waals surface area contributed by atoms with Crippen molar-refractivity contribution in [2.75, 3.05) is 12.8 Å². The van der Waals surface area contributed by atoms with Crippen molar-refractivity contribution in [3.05, 3.63) is 29.3 Å². The van der Waals surface area contributed by atoms with E-state index >= 15 is 0 Å². The van der Waals surface area contributed by atoms with Crippen molar-refractivity contribution in [1.82, 2.24) is 5.32 Å². The third-order valence-corrected chi connectivity index (χ3v) is 4.56. The molecule has 0 heterocycles. The summed E-state index contributed by atoms with van der Waals surface area (Å²) in [7, 11) is 2.06. The van der Waals surface area contributed by atoms with Crippen molar-refractivity contribution in [1.29, 1.82) is 0 Å². The zero-order chi connectivity index (χ0) is 12.7. The zero-order valence-electron chi connectivity index (χ0n) is 10.9. The first-order valence-electron chi connectivity index (χ1n) is 6.26. The molecule has 96 valence electrons. The van der Waals surface area contributed by atoms with Crippen LogP contribution in [-0.2, 0) is 0 Å². The molecular formula is C14H22ClNS. The average molecular weight is 272 g/mol. The third-order valence-electron chi connectivity index (χ3n) is 3.21. The lowest BCUT2D eigenvalue weighted by Gasteiger charge is -2.24. The Morgan fingerprint density at radius 2 is 2.00 bits per heavy atom. The van der Waals surface area contributed by atoms with Crippen molar-refractivity contribution >= 4 is 23.4 Å². The van der Waals surface area contributed by atoms with E-state index < -0.39 is 0 Å². The second kappa shape index (κ2) is 8.02. The second-order valence-electron chi connectivity index (χ2n) is 4.24. The van der Waals surface area contributed by atoms with E-state index in [1.165, 1.54) is 17.7 Å². The first-order valence-corrected chi connectivity index (χ1v) is 7.63. The van der Waals surface area contributed by atoms with E-state index in [1.54, 1.807) is 0 Å². The van der Waals surface area contributed by atoms with Gasteiger partial charge in [-0.3, -0.25) is 0 Å². The first-order chi connectivity index (χ1) is 8.21. The SMILES string of the molecule is CCC(CC)C(CSc1cccc(Cl)c1)NC. The molecule has 1 aromatic carbocycles. The Bertz CT molecular complexity index is 326. The molecule has 17 heavy (non-hydrogen) atoms. The minimum absolute atomic E-state index is 0.578. The number of benzene rings is 1. The van der Waals surface area contributed by atoms with Gasteiger partial charge in [0, 0.05) is 21.7 Å². The van der Waals surface area contributed by atoms with Gasteiger partial charge >= 0.3 is 0 Å². The lowest BCUT2D eigenvalue weighted by molar-refractivity contribution is 0.378. The minimum Gasteiger partial charge on any atom is -0.316 e. The molecule has 1 rings (SSSR count). The molecule has 1 atom stereocenters. The Kier molecular flexibility index (Phi) is 7.02. The second-order valence-corrected chi connectivity index (χ2v) is 5.77. The van der Waals surface area contributed by atoms with Gasteiger partial charge in [-0.15, -0.1) is 11.8 Å². The molecular weight excluding hydrogens is 250 g/mol. The Labute approximate surface area is 114 Å². The van der Waals surface area contributed by atoms with Crippen LogP contribution in [0.4, 0.5) is 0 Å². The summed E-state index contributed by atoms with van der Waals surface area (Å²) in [6.45, 7) is 4.53. The summed E-state index contributed by atoms with van der Waals surface area (Å²) in [5.41, 5.74) is 0. The molecule has 1 N–H and O–H groups in total. The topological polar surface area (TPSA) is 12.0 Å². The molecule has 1 unspecified atom stereocenters. The largest absolute Gasteiger partial charge is 0.316 e. The summed E-state index contributed by atoms with van der Waals surface area (Å²) in [4.78, 5) is 1.25. The molecule has 0 saturated carbocycles. The summed E-state index contributed by atoms with van der Waals surface area (Å²) in [5, 5.41) is 4.25. The number of hydrogen-bond acceptors (Lipinski definition) is 2. The predicted octanol–water partition coefficient (Wildman–Crippen LogP) is 4.46. The van der Waals surface area contributed by atoms with E-state index in [4.69, 9.17) is 11.6 Å². The molecule has 0 aliphatic heterocycles. The van der Waals surface area contributed by atoms with Gasteiger partial charge in [0.05, 0.1) is 0 Å². The normalized spacial score (nSPS) is 13.0. The predicted molar refractivity (Wildman–Crippen MR) is 79.1 cm³/mol. The Morgan fingerprint density at radius 3 is 2.53 bits per heavy atom. The fourth-order valence-corrected chi connectivity index (χ4v) is 3.51. The number of thioether (sulfide) groups is 1. The fraction of sp³-hybridized carbons (Fsp3) is 0.571. The summed E-state index contributed by atoms with van der Waals surface area (Å²) in [5.74, 6) is 1.86. The van der Waals surface area contributed by atoms with E-state index in [0.717, 1.165) is 16.7 Å². The first kappa shape index (κ1) is 14.9. The molecule has 0 fully saturated rings. The molecule has 0 aliphatic carbocycles. The molecule has 0 bridgehead atoms.